The van der Waals surface area contributed by atoms with Crippen LogP contribution in [0, 0.1) is 11.8 Å². The summed E-state index contributed by atoms with van der Waals surface area (Å²) in [5, 5.41) is 6.00. The molecule has 1 aromatic rings. The predicted octanol–water partition coefficient (Wildman–Crippen LogP) is 3.09. The van der Waals surface area contributed by atoms with Crippen molar-refractivity contribution in [2.24, 2.45) is 28.3 Å². The Morgan fingerprint density at radius 2 is 1.84 bits per heavy atom. The molecule has 1 fully saturated rings. The number of aliphatic imine (C=N–C) groups is 1. The van der Waals surface area contributed by atoms with E-state index in [9.17, 15) is 19.2 Å². The SMILES string of the molecule is CCC(=O)[C@H](CCCN=C(N)N)CC(=O)[C@@H]1CCCN1C(=O)[C@@H](NC(=O)Nc1ccc(Cl)cc1)C(C)C. The lowest BCUT2D eigenvalue weighted by molar-refractivity contribution is -0.140. The van der Waals surface area contributed by atoms with Crippen molar-refractivity contribution in [1.29, 1.82) is 0 Å². The highest BCUT2D eigenvalue weighted by Crippen LogP contribution is 2.25. The third kappa shape index (κ3) is 9.35. The Balaban J connectivity index is 2.05. The number of nitrogens with two attached hydrogens (primary N) is 2. The van der Waals surface area contributed by atoms with E-state index in [0.717, 1.165) is 0 Å². The Hall–Kier alpha value is -3.14. The van der Waals surface area contributed by atoms with Gasteiger partial charge in [0.15, 0.2) is 11.7 Å². The molecule has 1 heterocycles. The van der Waals surface area contributed by atoms with Gasteiger partial charge in [0.2, 0.25) is 5.91 Å². The molecule has 3 atom stereocenters. The number of anilines is 1. The summed E-state index contributed by atoms with van der Waals surface area (Å²) in [4.78, 5) is 57.4. The first-order chi connectivity index (χ1) is 17.5. The first-order valence-corrected chi connectivity index (χ1v) is 13.2. The van der Waals surface area contributed by atoms with E-state index >= 15 is 0 Å². The molecule has 0 spiro atoms. The monoisotopic (exact) mass is 534 g/mol. The Morgan fingerprint density at radius 3 is 2.43 bits per heavy atom. The molecule has 0 saturated carbocycles. The van der Waals surface area contributed by atoms with Crippen LogP contribution in [-0.2, 0) is 14.4 Å². The van der Waals surface area contributed by atoms with Crippen LogP contribution in [0.15, 0.2) is 29.3 Å². The lowest BCUT2D eigenvalue weighted by Gasteiger charge is -2.31. The molecule has 1 aromatic carbocycles. The molecule has 0 aromatic heterocycles. The third-order valence-electron chi connectivity index (χ3n) is 6.49. The number of likely N-dealkylation sites (tertiary alicyclic amines) is 1. The maximum Gasteiger partial charge on any atom is 0.319 e. The zero-order valence-electron chi connectivity index (χ0n) is 21.8. The molecule has 6 N–H and O–H groups in total. The number of nitrogens with zero attached hydrogens (tertiary/aromatic N) is 2. The highest BCUT2D eigenvalue weighted by molar-refractivity contribution is 6.30. The van der Waals surface area contributed by atoms with Crippen LogP contribution < -0.4 is 22.1 Å². The number of carbonyl (C=O) groups is 4. The molecule has 2 rings (SSSR count). The van der Waals surface area contributed by atoms with Crippen LogP contribution in [0.1, 0.15) is 59.3 Å². The van der Waals surface area contributed by atoms with Gasteiger partial charge in [0, 0.05) is 42.6 Å². The van der Waals surface area contributed by atoms with E-state index in [4.69, 9.17) is 23.1 Å². The van der Waals surface area contributed by atoms with Crippen molar-refractivity contribution in [3.8, 4) is 0 Å². The van der Waals surface area contributed by atoms with Gasteiger partial charge in [-0.25, -0.2) is 4.79 Å². The lowest BCUT2D eigenvalue weighted by atomic mass is 9.89. The number of hydrogen-bond acceptors (Lipinski definition) is 5. The van der Waals surface area contributed by atoms with Gasteiger partial charge in [0.1, 0.15) is 11.8 Å². The molecule has 0 bridgehead atoms. The highest BCUT2D eigenvalue weighted by atomic mass is 35.5. The fourth-order valence-corrected chi connectivity index (χ4v) is 4.62. The van der Waals surface area contributed by atoms with Crippen molar-refractivity contribution in [3.63, 3.8) is 0 Å². The van der Waals surface area contributed by atoms with E-state index in [2.05, 4.69) is 15.6 Å². The van der Waals surface area contributed by atoms with E-state index in [0.29, 0.717) is 55.9 Å². The average molecular weight is 535 g/mol. The van der Waals surface area contributed by atoms with Crippen LogP contribution in [0.2, 0.25) is 5.02 Å². The van der Waals surface area contributed by atoms with Gasteiger partial charge in [-0.05, 0) is 55.9 Å². The minimum absolute atomic E-state index is 0.00881. The van der Waals surface area contributed by atoms with E-state index in [-0.39, 0.29) is 35.8 Å². The molecular weight excluding hydrogens is 496 g/mol. The smallest absolute Gasteiger partial charge is 0.319 e. The maximum atomic E-state index is 13.5. The summed E-state index contributed by atoms with van der Waals surface area (Å²) in [6, 6.07) is 4.68. The van der Waals surface area contributed by atoms with Crippen molar-refractivity contribution >= 4 is 46.8 Å². The molecular formula is C26H39ClN6O4. The van der Waals surface area contributed by atoms with Crippen LogP contribution in [0.4, 0.5) is 10.5 Å². The number of halogens is 1. The van der Waals surface area contributed by atoms with Gasteiger partial charge in [0.05, 0.1) is 6.04 Å². The Kier molecular flexibility index (Phi) is 11.8. The first kappa shape index (κ1) is 30.1. The summed E-state index contributed by atoms with van der Waals surface area (Å²) < 4.78 is 0. The third-order valence-corrected chi connectivity index (χ3v) is 6.74. The molecule has 1 aliphatic rings. The van der Waals surface area contributed by atoms with Gasteiger partial charge in [-0.3, -0.25) is 19.4 Å². The van der Waals surface area contributed by atoms with Crippen molar-refractivity contribution in [2.75, 3.05) is 18.4 Å². The van der Waals surface area contributed by atoms with Crippen LogP contribution >= 0.6 is 11.6 Å². The largest absolute Gasteiger partial charge is 0.370 e. The van der Waals surface area contributed by atoms with E-state index in [1.54, 1.807) is 36.1 Å². The quantitative estimate of drug-likeness (QED) is 0.173. The summed E-state index contributed by atoms with van der Waals surface area (Å²) in [6.45, 7) is 6.26. The number of hydrogen-bond donors (Lipinski definition) is 4. The summed E-state index contributed by atoms with van der Waals surface area (Å²) in [6.07, 6.45) is 2.69. The summed E-state index contributed by atoms with van der Waals surface area (Å²) in [5.41, 5.74) is 11.3. The summed E-state index contributed by atoms with van der Waals surface area (Å²) >= 11 is 5.89. The topological polar surface area (TPSA) is 160 Å². The number of nitrogens with one attached hydrogen (secondary N) is 2. The average Bonchev–Trinajstić information content (AvgIpc) is 3.34. The standard InChI is InChI=1S/C26H39ClN6O4/c1-4-21(34)17(7-5-13-30-25(28)29)15-22(35)20-8-6-14-33(20)24(36)23(16(2)3)32-26(37)31-19-11-9-18(27)10-12-19/h9-12,16-17,20,23H,4-8,13-15H2,1-3H3,(H4,28,29,30)(H2,31,32,37)/t17-,20+,23+/m1/s1. The van der Waals surface area contributed by atoms with Crippen molar-refractivity contribution < 1.29 is 19.2 Å². The number of ketones is 2. The molecule has 10 nitrogen and oxygen atoms in total. The van der Waals surface area contributed by atoms with Crippen LogP contribution in [0.3, 0.4) is 0 Å². The maximum absolute atomic E-state index is 13.5. The van der Waals surface area contributed by atoms with Gasteiger partial charge in [-0.2, -0.15) is 0 Å². The number of carbonyl (C=O) groups excluding carboxylic acids is 4. The summed E-state index contributed by atoms with van der Waals surface area (Å²) in [7, 11) is 0. The van der Waals surface area contributed by atoms with Gasteiger partial charge in [-0.1, -0.05) is 32.4 Å². The highest BCUT2D eigenvalue weighted by Gasteiger charge is 2.39. The van der Waals surface area contributed by atoms with Crippen molar-refractivity contribution in [2.45, 2.75) is 71.4 Å². The Morgan fingerprint density at radius 1 is 1.16 bits per heavy atom. The number of guanidine groups is 1. The Labute approximate surface area is 223 Å². The van der Waals surface area contributed by atoms with Gasteiger partial charge >= 0.3 is 6.03 Å². The Bertz CT molecular complexity index is 978. The zero-order valence-corrected chi connectivity index (χ0v) is 22.6. The van der Waals surface area contributed by atoms with Gasteiger partial charge < -0.3 is 27.0 Å². The molecule has 37 heavy (non-hydrogen) atoms. The molecule has 204 valence electrons. The number of rotatable bonds is 13. The molecule has 0 radical (unpaired) electrons. The fraction of sp³-hybridized carbons (Fsp3) is 0.577. The van der Waals surface area contributed by atoms with Crippen LogP contribution in [-0.4, -0.2) is 59.5 Å². The minimum atomic E-state index is -0.812. The number of benzene rings is 1. The first-order valence-electron chi connectivity index (χ1n) is 12.8. The number of amides is 3. The second kappa shape index (κ2) is 14.6. The van der Waals surface area contributed by atoms with Crippen molar-refractivity contribution in [3.05, 3.63) is 29.3 Å². The molecule has 1 aliphatic heterocycles. The fourth-order valence-electron chi connectivity index (χ4n) is 4.49. The number of Topliss-reactive ketones (excluding diaryl/α,β-unsaturated/α-hetero) is 2. The zero-order chi connectivity index (χ0) is 27.5. The summed E-state index contributed by atoms with van der Waals surface area (Å²) in [5.74, 6) is -1.08. The van der Waals surface area contributed by atoms with Gasteiger partial charge in [-0.15, -0.1) is 0 Å². The molecule has 3 amide bonds. The molecule has 11 heteroatoms. The minimum Gasteiger partial charge on any atom is -0.370 e. The van der Waals surface area contributed by atoms with Crippen molar-refractivity contribution in [1.82, 2.24) is 10.2 Å². The van der Waals surface area contributed by atoms with E-state index in [1.165, 1.54) is 0 Å². The predicted molar refractivity (Wildman–Crippen MR) is 145 cm³/mol. The number of urea groups is 1. The molecule has 0 unspecified atom stereocenters. The second-order valence-electron chi connectivity index (χ2n) is 9.65. The van der Waals surface area contributed by atoms with Crippen LogP contribution in [0.5, 0.6) is 0 Å². The normalized spacial score (nSPS) is 16.7. The van der Waals surface area contributed by atoms with E-state index < -0.39 is 24.0 Å². The molecule has 1 saturated heterocycles. The molecule has 0 aliphatic carbocycles. The second-order valence-corrected chi connectivity index (χ2v) is 10.1. The lowest BCUT2D eigenvalue weighted by Crippen LogP contribution is -2.54. The van der Waals surface area contributed by atoms with Gasteiger partial charge in [0.25, 0.3) is 0 Å². The van der Waals surface area contributed by atoms with E-state index in [1.807, 2.05) is 13.8 Å². The van der Waals surface area contributed by atoms with Crippen LogP contribution in [0.25, 0.3) is 0 Å².